The van der Waals surface area contributed by atoms with Gasteiger partial charge in [-0.25, -0.2) is 4.79 Å². The summed E-state index contributed by atoms with van der Waals surface area (Å²) < 4.78 is 37.0. The minimum absolute atomic E-state index is 0.0666. The average Bonchev–Trinajstić information content (AvgIpc) is 3.28. The molecular weight excluding hydrogens is 482 g/mol. The molecule has 1 heterocycles. The second kappa shape index (κ2) is 11.5. The van der Waals surface area contributed by atoms with Crippen LogP contribution in [0.4, 0.5) is 10.5 Å². The summed E-state index contributed by atoms with van der Waals surface area (Å²) >= 11 is 6.18. The fourth-order valence-corrected chi connectivity index (χ4v) is 4.71. The lowest BCUT2D eigenvalue weighted by molar-refractivity contribution is -0.114. The van der Waals surface area contributed by atoms with Crippen molar-refractivity contribution in [3.05, 3.63) is 53.1 Å². The molecule has 3 rings (SSSR count). The Bertz CT molecular complexity index is 1120. The van der Waals surface area contributed by atoms with Crippen molar-refractivity contribution in [1.82, 2.24) is 10.2 Å². The van der Waals surface area contributed by atoms with Crippen LogP contribution in [-0.2, 0) is 26.2 Å². The van der Waals surface area contributed by atoms with E-state index in [0.717, 1.165) is 12.8 Å². The van der Waals surface area contributed by atoms with E-state index >= 15 is 0 Å². The molecule has 184 valence electrons. The molecule has 0 spiro atoms. The summed E-state index contributed by atoms with van der Waals surface area (Å²) in [6.45, 7) is 4.72. The minimum Gasteiger partial charge on any atom is -0.379 e. The van der Waals surface area contributed by atoms with Crippen molar-refractivity contribution < 1.29 is 26.9 Å². The Balaban J connectivity index is 1.83. The lowest BCUT2D eigenvalue weighted by Crippen LogP contribution is -2.43. The highest BCUT2D eigenvalue weighted by molar-refractivity contribution is 7.87. The molecule has 34 heavy (non-hydrogen) atoms. The SMILES string of the molecule is CCNC(=O)N(Cc1cc(Cl)ccc1OS(=O)(=O)c1ccc(NC(C)=O)cc1)C[C@H]1CCCO1. The van der Waals surface area contributed by atoms with E-state index in [1.807, 2.05) is 6.92 Å². The summed E-state index contributed by atoms with van der Waals surface area (Å²) in [7, 11) is -4.18. The molecule has 3 amide bonds. The predicted octanol–water partition coefficient (Wildman–Crippen LogP) is 3.78. The highest BCUT2D eigenvalue weighted by atomic mass is 35.5. The van der Waals surface area contributed by atoms with Gasteiger partial charge in [0.25, 0.3) is 0 Å². The number of nitrogens with one attached hydrogen (secondary N) is 2. The minimum atomic E-state index is -4.18. The van der Waals surface area contributed by atoms with Crippen LogP contribution in [0.5, 0.6) is 5.75 Å². The summed E-state index contributed by atoms with van der Waals surface area (Å²) in [5.41, 5.74) is 0.903. The van der Waals surface area contributed by atoms with E-state index in [-0.39, 0.29) is 35.2 Å². The number of benzene rings is 2. The zero-order valence-corrected chi connectivity index (χ0v) is 20.6. The Morgan fingerprint density at radius 1 is 1.21 bits per heavy atom. The number of hydrogen-bond donors (Lipinski definition) is 2. The number of rotatable bonds is 9. The van der Waals surface area contributed by atoms with Gasteiger partial charge in [0.1, 0.15) is 10.6 Å². The van der Waals surface area contributed by atoms with E-state index in [1.54, 1.807) is 11.0 Å². The van der Waals surface area contributed by atoms with Crippen molar-refractivity contribution in [3.8, 4) is 5.75 Å². The topological polar surface area (TPSA) is 114 Å². The number of ether oxygens (including phenoxy) is 1. The van der Waals surface area contributed by atoms with E-state index in [1.165, 1.54) is 43.3 Å². The van der Waals surface area contributed by atoms with Gasteiger partial charge in [0.15, 0.2) is 0 Å². The summed E-state index contributed by atoms with van der Waals surface area (Å²) in [6.07, 6.45) is 1.69. The summed E-state index contributed by atoms with van der Waals surface area (Å²) in [6, 6.07) is 9.89. The summed E-state index contributed by atoms with van der Waals surface area (Å²) in [5, 5.41) is 5.74. The first-order valence-electron chi connectivity index (χ1n) is 10.9. The highest BCUT2D eigenvalue weighted by Crippen LogP contribution is 2.28. The van der Waals surface area contributed by atoms with Gasteiger partial charge in [-0.15, -0.1) is 0 Å². The van der Waals surface area contributed by atoms with Gasteiger partial charge in [-0.3, -0.25) is 4.79 Å². The lowest BCUT2D eigenvalue weighted by atomic mass is 10.1. The number of carbonyl (C=O) groups is 2. The van der Waals surface area contributed by atoms with Crippen molar-refractivity contribution in [2.75, 3.05) is 25.0 Å². The van der Waals surface area contributed by atoms with E-state index < -0.39 is 10.1 Å². The molecular formula is C23H28ClN3O6S. The fourth-order valence-electron chi connectivity index (χ4n) is 3.55. The van der Waals surface area contributed by atoms with Gasteiger partial charge >= 0.3 is 16.1 Å². The van der Waals surface area contributed by atoms with Gasteiger partial charge in [-0.05, 0) is 62.2 Å². The molecule has 0 aliphatic carbocycles. The molecule has 1 aliphatic rings. The first kappa shape index (κ1) is 25.8. The number of amides is 3. The lowest BCUT2D eigenvalue weighted by Gasteiger charge is -2.26. The molecule has 0 unspecified atom stereocenters. The quantitative estimate of drug-likeness (QED) is 0.497. The van der Waals surface area contributed by atoms with Crippen LogP contribution in [0.3, 0.4) is 0 Å². The number of anilines is 1. The second-order valence-corrected chi connectivity index (χ2v) is 9.83. The molecule has 11 heteroatoms. The van der Waals surface area contributed by atoms with Gasteiger partial charge in [0.05, 0.1) is 12.6 Å². The van der Waals surface area contributed by atoms with Crippen molar-refractivity contribution in [3.63, 3.8) is 0 Å². The number of halogens is 1. The van der Waals surface area contributed by atoms with Gasteiger partial charge in [0, 0.05) is 42.9 Å². The van der Waals surface area contributed by atoms with Crippen LogP contribution in [-0.4, -0.2) is 51.1 Å². The Labute approximate surface area is 204 Å². The van der Waals surface area contributed by atoms with E-state index in [9.17, 15) is 18.0 Å². The molecule has 2 aromatic rings. The largest absolute Gasteiger partial charge is 0.379 e. The van der Waals surface area contributed by atoms with Crippen LogP contribution >= 0.6 is 11.6 Å². The van der Waals surface area contributed by atoms with Crippen LogP contribution in [0.15, 0.2) is 47.4 Å². The Kier molecular flexibility index (Phi) is 8.76. The van der Waals surface area contributed by atoms with Crippen LogP contribution in [0.2, 0.25) is 5.02 Å². The maximum absolute atomic E-state index is 12.9. The van der Waals surface area contributed by atoms with Gasteiger partial charge < -0.3 is 24.5 Å². The van der Waals surface area contributed by atoms with Crippen LogP contribution < -0.4 is 14.8 Å². The first-order valence-corrected chi connectivity index (χ1v) is 12.7. The monoisotopic (exact) mass is 509 g/mol. The molecule has 1 atom stereocenters. The Morgan fingerprint density at radius 2 is 1.94 bits per heavy atom. The molecule has 1 fully saturated rings. The molecule has 2 aromatic carbocycles. The zero-order valence-electron chi connectivity index (χ0n) is 19.0. The normalized spacial score (nSPS) is 15.6. The van der Waals surface area contributed by atoms with Crippen LogP contribution in [0.1, 0.15) is 32.3 Å². The van der Waals surface area contributed by atoms with E-state index in [4.69, 9.17) is 20.5 Å². The van der Waals surface area contributed by atoms with Crippen molar-refractivity contribution in [2.45, 2.75) is 44.2 Å². The molecule has 0 bridgehead atoms. The van der Waals surface area contributed by atoms with Gasteiger partial charge in [-0.2, -0.15) is 8.42 Å². The number of carbonyl (C=O) groups excluding carboxylic acids is 2. The Hall–Kier alpha value is -2.82. The highest BCUT2D eigenvalue weighted by Gasteiger charge is 2.25. The molecule has 0 saturated carbocycles. The third kappa shape index (κ3) is 7.09. The maximum atomic E-state index is 12.9. The molecule has 1 saturated heterocycles. The Morgan fingerprint density at radius 3 is 2.56 bits per heavy atom. The average molecular weight is 510 g/mol. The number of nitrogens with zero attached hydrogens (tertiary/aromatic N) is 1. The molecule has 2 N–H and O–H groups in total. The molecule has 0 radical (unpaired) electrons. The van der Waals surface area contributed by atoms with Crippen molar-refractivity contribution in [1.29, 1.82) is 0 Å². The molecule has 0 aromatic heterocycles. The molecule has 9 nitrogen and oxygen atoms in total. The third-order valence-corrected chi connectivity index (χ3v) is 6.59. The fraction of sp³-hybridized carbons (Fsp3) is 0.391. The van der Waals surface area contributed by atoms with Crippen LogP contribution in [0, 0.1) is 0 Å². The van der Waals surface area contributed by atoms with Gasteiger partial charge in [-0.1, -0.05) is 11.6 Å². The maximum Gasteiger partial charge on any atom is 0.339 e. The van der Waals surface area contributed by atoms with Crippen LogP contribution in [0.25, 0.3) is 0 Å². The smallest absolute Gasteiger partial charge is 0.339 e. The summed E-state index contributed by atoms with van der Waals surface area (Å²) in [5.74, 6) is -0.200. The molecule has 1 aliphatic heterocycles. The van der Waals surface area contributed by atoms with E-state index in [2.05, 4.69) is 10.6 Å². The second-order valence-electron chi connectivity index (χ2n) is 7.85. The number of urea groups is 1. The standard InChI is InChI=1S/C23H28ClN3O6S/c1-3-25-23(29)27(15-20-5-4-12-32-20)14-17-13-18(24)6-11-22(17)33-34(30,31)21-9-7-19(8-10-21)26-16(2)28/h6-11,13,20H,3-5,12,14-15H2,1-2H3,(H,25,29)(H,26,28)/t20-/m1/s1. The predicted molar refractivity (Wildman–Crippen MR) is 128 cm³/mol. The van der Waals surface area contributed by atoms with Crippen molar-refractivity contribution in [2.24, 2.45) is 0 Å². The third-order valence-electron chi connectivity index (χ3n) is 5.11. The number of hydrogen-bond acceptors (Lipinski definition) is 6. The van der Waals surface area contributed by atoms with Gasteiger partial charge in [0.2, 0.25) is 5.91 Å². The summed E-state index contributed by atoms with van der Waals surface area (Å²) in [4.78, 5) is 25.3. The van der Waals surface area contributed by atoms with Crippen molar-refractivity contribution >= 4 is 39.3 Å². The zero-order chi connectivity index (χ0) is 24.7. The van der Waals surface area contributed by atoms with E-state index in [0.29, 0.717) is 36.0 Å². The first-order chi connectivity index (χ1) is 16.2.